The summed E-state index contributed by atoms with van der Waals surface area (Å²) in [4.78, 5) is 2.72. The van der Waals surface area contributed by atoms with Crippen LogP contribution in [0.25, 0.3) is 0 Å². The van der Waals surface area contributed by atoms with E-state index in [-0.39, 0.29) is 0 Å². The van der Waals surface area contributed by atoms with E-state index in [0.29, 0.717) is 0 Å². The van der Waals surface area contributed by atoms with E-state index in [1.54, 1.807) is 0 Å². The molecule has 0 saturated carbocycles. The smallest absolute Gasteiger partial charge is 0.0111 e. The molecule has 0 spiro atoms. The Bertz CT molecular complexity index is 198. The van der Waals surface area contributed by atoms with Crippen LogP contribution in [-0.4, -0.2) is 49.1 Å². The van der Waals surface area contributed by atoms with Crippen LogP contribution in [0.4, 0.5) is 0 Å². The van der Waals surface area contributed by atoms with Crippen molar-refractivity contribution in [2.75, 3.05) is 38.2 Å². The molecule has 3 atom stereocenters. The van der Waals surface area contributed by atoms with Gasteiger partial charge in [0, 0.05) is 12.6 Å². The summed E-state index contributed by atoms with van der Waals surface area (Å²) in [6.45, 7) is 7.61. The van der Waals surface area contributed by atoms with Gasteiger partial charge < -0.3 is 5.32 Å². The average molecular weight is 228 g/mol. The van der Waals surface area contributed by atoms with Crippen molar-refractivity contribution in [3.8, 4) is 0 Å². The van der Waals surface area contributed by atoms with E-state index < -0.39 is 0 Å². The van der Waals surface area contributed by atoms with Gasteiger partial charge in [-0.05, 0) is 63.2 Å². The predicted octanol–water partition coefficient (Wildman–Crippen LogP) is 1.67. The van der Waals surface area contributed by atoms with Gasteiger partial charge in [0.25, 0.3) is 0 Å². The first kappa shape index (κ1) is 11.7. The van der Waals surface area contributed by atoms with Crippen LogP contribution in [-0.2, 0) is 0 Å². The summed E-state index contributed by atoms with van der Waals surface area (Å²) in [6.07, 6.45) is 4.98. The molecule has 2 fully saturated rings. The molecule has 1 N–H and O–H groups in total. The molecule has 2 saturated heterocycles. The molecular formula is C12H24N2S. The molecular weight excluding hydrogens is 204 g/mol. The van der Waals surface area contributed by atoms with Gasteiger partial charge in [-0.25, -0.2) is 0 Å². The van der Waals surface area contributed by atoms with E-state index in [0.717, 1.165) is 17.9 Å². The second kappa shape index (κ2) is 5.55. The third kappa shape index (κ3) is 2.69. The number of nitrogens with one attached hydrogen (secondary N) is 1. The van der Waals surface area contributed by atoms with Crippen molar-refractivity contribution in [1.82, 2.24) is 10.2 Å². The molecule has 3 unspecified atom stereocenters. The van der Waals surface area contributed by atoms with E-state index in [1.807, 2.05) is 11.8 Å². The van der Waals surface area contributed by atoms with Gasteiger partial charge in [-0.3, -0.25) is 4.90 Å². The normalized spacial score (nSPS) is 36.0. The fourth-order valence-electron chi connectivity index (χ4n) is 3.11. The van der Waals surface area contributed by atoms with Crippen molar-refractivity contribution >= 4 is 11.8 Å². The van der Waals surface area contributed by atoms with Crippen molar-refractivity contribution < 1.29 is 0 Å². The number of hydrogen-bond donors (Lipinski definition) is 1. The fourth-order valence-corrected chi connectivity index (χ4v) is 3.61. The summed E-state index contributed by atoms with van der Waals surface area (Å²) in [6, 6.07) is 0.819. The summed E-state index contributed by atoms with van der Waals surface area (Å²) in [5, 5.41) is 3.52. The van der Waals surface area contributed by atoms with Gasteiger partial charge in [-0.2, -0.15) is 11.8 Å². The van der Waals surface area contributed by atoms with Gasteiger partial charge in [0.2, 0.25) is 0 Å². The minimum Gasteiger partial charge on any atom is -0.316 e. The molecule has 2 rings (SSSR count). The number of unbranched alkanes of at least 4 members (excludes halogenated alkanes) is 1. The Morgan fingerprint density at radius 3 is 2.93 bits per heavy atom. The predicted molar refractivity (Wildman–Crippen MR) is 68.5 cm³/mol. The van der Waals surface area contributed by atoms with Crippen LogP contribution in [0.1, 0.15) is 19.8 Å². The second-order valence-corrected chi connectivity index (χ2v) is 6.00. The molecule has 88 valence electrons. The van der Waals surface area contributed by atoms with E-state index in [9.17, 15) is 0 Å². The van der Waals surface area contributed by atoms with Gasteiger partial charge in [-0.15, -0.1) is 0 Å². The maximum Gasteiger partial charge on any atom is 0.0111 e. The third-order valence-corrected chi connectivity index (χ3v) is 4.80. The maximum absolute atomic E-state index is 3.52. The summed E-state index contributed by atoms with van der Waals surface area (Å²) < 4.78 is 0. The van der Waals surface area contributed by atoms with E-state index in [4.69, 9.17) is 0 Å². The highest BCUT2D eigenvalue weighted by Crippen LogP contribution is 2.32. The topological polar surface area (TPSA) is 15.3 Å². The van der Waals surface area contributed by atoms with Crippen LogP contribution in [0.15, 0.2) is 0 Å². The lowest BCUT2D eigenvalue weighted by atomic mass is 9.95. The van der Waals surface area contributed by atoms with Crippen LogP contribution in [0.3, 0.4) is 0 Å². The quantitative estimate of drug-likeness (QED) is 0.721. The first-order chi connectivity index (χ1) is 7.33. The number of fused-ring (bicyclic) bond motifs is 1. The SMILES string of the molecule is CSCCCCN1CC2CNCC2C1C. The zero-order valence-corrected chi connectivity index (χ0v) is 10.9. The zero-order valence-electron chi connectivity index (χ0n) is 10.0. The van der Waals surface area contributed by atoms with E-state index in [2.05, 4.69) is 23.4 Å². The minimum absolute atomic E-state index is 0.819. The van der Waals surface area contributed by atoms with Gasteiger partial charge in [0.1, 0.15) is 0 Å². The Balaban J connectivity index is 1.70. The molecule has 2 nitrogen and oxygen atoms in total. The molecule has 0 aliphatic carbocycles. The number of hydrogen-bond acceptors (Lipinski definition) is 3. The standard InChI is InChI=1S/C12H24N2S/c1-10-12-8-13-7-11(12)9-14(10)5-3-4-6-15-2/h10-13H,3-9H2,1-2H3. The number of likely N-dealkylation sites (tertiary alicyclic amines) is 1. The first-order valence-electron chi connectivity index (χ1n) is 6.26. The van der Waals surface area contributed by atoms with Gasteiger partial charge in [0.15, 0.2) is 0 Å². The molecule has 0 aromatic carbocycles. The summed E-state index contributed by atoms with van der Waals surface area (Å²) in [5.41, 5.74) is 0. The summed E-state index contributed by atoms with van der Waals surface area (Å²) in [7, 11) is 0. The van der Waals surface area contributed by atoms with Crippen LogP contribution < -0.4 is 5.32 Å². The molecule has 2 heterocycles. The largest absolute Gasteiger partial charge is 0.316 e. The lowest BCUT2D eigenvalue weighted by molar-refractivity contribution is 0.236. The number of nitrogens with zero attached hydrogens (tertiary/aromatic N) is 1. The van der Waals surface area contributed by atoms with Crippen LogP contribution in [0.5, 0.6) is 0 Å². The molecule has 0 aromatic rings. The van der Waals surface area contributed by atoms with Crippen LogP contribution in [0.2, 0.25) is 0 Å². The highest BCUT2D eigenvalue weighted by atomic mass is 32.2. The number of rotatable bonds is 5. The lowest BCUT2D eigenvalue weighted by Crippen LogP contribution is -2.33. The monoisotopic (exact) mass is 228 g/mol. The molecule has 3 heteroatoms. The summed E-state index contributed by atoms with van der Waals surface area (Å²) in [5.74, 6) is 3.21. The van der Waals surface area contributed by atoms with Crippen molar-refractivity contribution in [3.05, 3.63) is 0 Å². The van der Waals surface area contributed by atoms with Crippen molar-refractivity contribution in [1.29, 1.82) is 0 Å². The molecule has 0 bridgehead atoms. The fraction of sp³-hybridized carbons (Fsp3) is 1.00. The van der Waals surface area contributed by atoms with Crippen LogP contribution >= 0.6 is 11.8 Å². The zero-order chi connectivity index (χ0) is 10.7. The molecule has 15 heavy (non-hydrogen) atoms. The summed E-state index contributed by atoms with van der Waals surface area (Å²) >= 11 is 1.97. The average Bonchev–Trinajstić information content (AvgIpc) is 2.78. The Morgan fingerprint density at radius 2 is 2.20 bits per heavy atom. The highest BCUT2D eigenvalue weighted by Gasteiger charge is 2.41. The Kier molecular flexibility index (Phi) is 4.35. The van der Waals surface area contributed by atoms with Crippen molar-refractivity contribution in [3.63, 3.8) is 0 Å². The minimum atomic E-state index is 0.819. The molecule has 2 aliphatic rings. The Hall–Kier alpha value is 0.270. The number of thioether (sulfide) groups is 1. The third-order valence-electron chi connectivity index (χ3n) is 4.10. The maximum atomic E-state index is 3.52. The van der Waals surface area contributed by atoms with Crippen molar-refractivity contribution in [2.24, 2.45) is 11.8 Å². The Labute approximate surface area is 98.2 Å². The van der Waals surface area contributed by atoms with E-state index in [1.165, 1.54) is 44.8 Å². The second-order valence-electron chi connectivity index (χ2n) is 5.02. The van der Waals surface area contributed by atoms with Gasteiger partial charge in [-0.1, -0.05) is 0 Å². The first-order valence-corrected chi connectivity index (χ1v) is 7.66. The molecule has 2 aliphatic heterocycles. The van der Waals surface area contributed by atoms with Crippen LogP contribution in [0, 0.1) is 11.8 Å². The Morgan fingerprint density at radius 1 is 1.33 bits per heavy atom. The molecule has 0 radical (unpaired) electrons. The molecule has 0 amide bonds. The van der Waals surface area contributed by atoms with E-state index >= 15 is 0 Å². The highest BCUT2D eigenvalue weighted by molar-refractivity contribution is 7.98. The van der Waals surface area contributed by atoms with Crippen molar-refractivity contribution in [2.45, 2.75) is 25.8 Å². The van der Waals surface area contributed by atoms with Gasteiger partial charge in [0.05, 0.1) is 0 Å². The lowest BCUT2D eigenvalue weighted by Gasteiger charge is -2.24. The molecule has 0 aromatic heterocycles. The van der Waals surface area contributed by atoms with Gasteiger partial charge >= 0.3 is 0 Å².